The zero-order chi connectivity index (χ0) is 14.5. The van der Waals surface area contributed by atoms with Gasteiger partial charge in [0.05, 0.1) is 6.54 Å². The van der Waals surface area contributed by atoms with Crippen molar-refractivity contribution in [1.82, 2.24) is 20.1 Å². The second kappa shape index (κ2) is 6.39. The van der Waals surface area contributed by atoms with Gasteiger partial charge < -0.3 is 14.6 Å². The first kappa shape index (κ1) is 13.6. The van der Waals surface area contributed by atoms with E-state index in [1.807, 2.05) is 30.3 Å². The van der Waals surface area contributed by atoms with E-state index in [0.717, 1.165) is 37.5 Å². The van der Waals surface area contributed by atoms with Crippen LogP contribution in [0.5, 0.6) is 5.75 Å². The molecule has 110 valence electrons. The predicted octanol–water partition coefficient (Wildman–Crippen LogP) is 1.31. The van der Waals surface area contributed by atoms with E-state index in [1.54, 1.807) is 0 Å². The lowest BCUT2D eigenvalue weighted by molar-refractivity contribution is -0.123. The van der Waals surface area contributed by atoms with E-state index < -0.39 is 0 Å². The largest absolute Gasteiger partial charge is 0.484 e. The SMILES string of the molecule is O=C(COc1ccccc1)NCc1nnc2n1CCCC2. The Balaban J connectivity index is 1.49. The molecule has 1 aliphatic heterocycles. The molecule has 0 radical (unpaired) electrons. The molecule has 0 atom stereocenters. The fraction of sp³-hybridized carbons (Fsp3) is 0.400. The number of carbonyl (C=O) groups excluding carboxylic acids is 1. The quantitative estimate of drug-likeness (QED) is 0.899. The lowest BCUT2D eigenvalue weighted by Crippen LogP contribution is -2.30. The lowest BCUT2D eigenvalue weighted by atomic mass is 10.2. The van der Waals surface area contributed by atoms with Crippen molar-refractivity contribution in [3.63, 3.8) is 0 Å². The fourth-order valence-corrected chi connectivity index (χ4v) is 2.39. The average molecular weight is 286 g/mol. The number of benzene rings is 1. The molecule has 1 amide bonds. The molecule has 6 heteroatoms. The standard InChI is InChI=1S/C15H18N4O2/c20-15(11-21-12-6-2-1-3-7-12)16-10-14-18-17-13-8-4-5-9-19(13)14/h1-3,6-7H,4-5,8-11H2,(H,16,20). The van der Waals surface area contributed by atoms with E-state index in [-0.39, 0.29) is 12.5 Å². The van der Waals surface area contributed by atoms with E-state index in [4.69, 9.17) is 4.74 Å². The van der Waals surface area contributed by atoms with Gasteiger partial charge in [0.25, 0.3) is 5.91 Å². The molecular formula is C15H18N4O2. The van der Waals surface area contributed by atoms with Crippen LogP contribution in [0.3, 0.4) is 0 Å². The first-order valence-corrected chi connectivity index (χ1v) is 7.18. The summed E-state index contributed by atoms with van der Waals surface area (Å²) in [6, 6.07) is 9.29. The van der Waals surface area contributed by atoms with Gasteiger partial charge in [0, 0.05) is 13.0 Å². The van der Waals surface area contributed by atoms with Crippen LogP contribution >= 0.6 is 0 Å². The summed E-state index contributed by atoms with van der Waals surface area (Å²) < 4.78 is 7.49. The second-order valence-electron chi connectivity index (χ2n) is 5.02. The number of carbonyl (C=O) groups is 1. The Morgan fingerprint density at radius 1 is 1.24 bits per heavy atom. The molecule has 0 saturated heterocycles. The molecule has 2 heterocycles. The topological polar surface area (TPSA) is 69.0 Å². The molecule has 6 nitrogen and oxygen atoms in total. The van der Waals surface area contributed by atoms with Crippen LogP contribution < -0.4 is 10.1 Å². The molecule has 0 fully saturated rings. The highest BCUT2D eigenvalue weighted by Crippen LogP contribution is 2.14. The van der Waals surface area contributed by atoms with Crippen LogP contribution in [0.2, 0.25) is 0 Å². The number of amides is 1. The summed E-state index contributed by atoms with van der Waals surface area (Å²) in [4.78, 5) is 11.8. The molecule has 0 spiro atoms. The van der Waals surface area contributed by atoms with Crippen LogP contribution in [-0.2, 0) is 24.3 Å². The summed E-state index contributed by atoms with van der Waals surface area (Å²) in [5, 5.41) is 11.1. The molecule has 0 aliphatic carbocycles. The molecule has 0 unspecified atom stereocenters. The third-order valence-corrected chi connectivity index (χ3v) is 3.49. The first-order valence-electron chi connectivity index (χ1n) is 7.18. The van der Waals surface area contributed by atoms with Gasteiger partial charge in [-0.25, -0.2) is 0 Å². The minimum absolute atomic E-state index is 0.00497. The molecule has 1 aromatic carbocycles. The second-order valence-corrected chi connectivity index (χ2v) is 5.02. The molecule has 1 N–H and O–H groups in total. The monoisotopic (exact) mass is 286 g/mol. The number of rotatable bonds is 5. The van der Waals surface area contributed by atoms with Crippen molar-refractivity contribution in [3.05, 3.63) is 42.0 Å². The Bertz CT molecular complexity index is 609. The van der Waals surface area contributed by atoms with Crippen LogP contribution in [0.1, 0.15) is 24.5 Å². The van der Waals surface area contributed by atoms with Crippen molar-refractivity contribution in [2.45, 2.75) is 32.4 Å². The molecule has 0 saturated carbocycles. The number of para-hydroxylation sites is 1. The van der Waals surface area contributed by atoms with Gasteiger partial charge in [-0.05, 0) is 25.0 Å². The highest BCUT2D eigenvalue weighted by atomic mass is 16.5. The highest BCUT2D eigenvalue weighted by Gasteiger charge is 2.15. The third kappa shape index (κ3) is 3.39. The minimum atomic E-state index is -0.160. The van der Waals surface area contributed by atoms with Gasteiger partial charge in [0.1, 0.15) is 11.6 Å². The summed E-state index contributed by atoms with van der Waals surface area (Å²) >= 11 is 0. The predicted molar refractivity (Wildman–Crippen MR) is 76.7 cm³/mol. The Labute approximate surface area is 123 Å². The van der Waals surface area contributed by atoms with Crippen molar-refractivity contribution in [2.24, 2.45) is 0 Å². The number of nitrogens with one attached hydrogen (secondary N) is 1. The van der Waals surface area contributed by atoms with Crippen LogP contribution in [0.25, 0.3) is 0 Å². The fourth-order valence-electron chi connectivity index (χ4n) is 2.39. The molecular weight excluding hydrogens is 268 g/mol. The molecule has 0 bridgehead atoms. The van der Waals surface area contributed by atoms with Gasteiger partial charge >= 0.3 is 0 Å². The maximum Gasteiger partial charge on any atom is 0.258 e. The smallest absolute Gasteiger partial charge is 0.258 e. The van der Waals surface area contributed by atoms with E-state index in [0.29, 0.717) is 12.3 Å². The Hall–Kier alpha value is -2.37. The number of ether oxygens (including phenoxy) is 1. The summed E-state index contributed by atoms with van der Waals surface area (Å²) in [6.07, 6.45) is 3.27. The number of aromatic nitrogens is 3. The van der Waals surface area contributed by atoms with Gasteiger partial charge in [-0.1, -0.05) is 18.2 Å². The molecule has 21 heavy (non-hydrogen) atoms. The van der Waals surface area contributed by atoms with Crippen LogP contribution in [0.15, 0.2) is 30.3 Å². The number of fused-ring (bicyclic) bond motifs is 1. The van der Waals surface area contributed by atoms with E-state index in [9.17, 15) is 4.79 Å². The van der Waals surface area contributed by atoms with Crippen molar-refractivity contribution in [2.75, 3.05) is 6.61 Å². The number of nitrogens with zero attached hydrogens (tertiary/aromatic N) is 3. The summed E-state index contributed by atoms with van der Waals surface area (Å²) in [5.41, 5.74) is 0. The van der Waals surface area contributed by atoms with E-state index in [2.05, 4.69) is 20.1 Å². The zero-order valence-corrected chi connectivity index (χ0v) is 11.8. The van der Waals surface area contributed by atoms with Gasteiger partial charge in [-0.15, -0.1) is 10.2 Å². The summed E-state index contributed by atoms with van der Waals surface area (Å²) in [7, 11) is 0. The van der Waals surface area contributed by atoms with Crippen molar-refractivity contribution >= 4 is 5.91 Å². The summed E-state index contributed by atoms with van der Waals surface area (Å²) in [6.45, 7) is 1.34. The van der Waals surface area contributed by atoms with Crippen LogP contribution in [-0.4, -0.2) is 27.3 Å². The first-order chi connectivity index (χ1) is 10.3. The van der Waals surface area contributed by atoms with Gasteiger partial charge in [-0.2, -0.15) is 0 Å². The molecule has 1 aliphatic rings. The van der Waals surface area contributed by atoms with Crippen LogP contribution in [0.4, 0.5) is 0 Å². The lowest BCUT2D eigenvalue weighted by Gasteiger charge is -2.14. The minimum Gasteiger partial charge on any atom is -0.484 e. The van der Waals surface area contributed by atoms with Gasteiger partial charge in [-0.3, -0.25) is 4.79 Å². The number of hydrogen-bond donors (Lipinski definition) is 1. The van der Waals surface area contributed by atoms with Crippen molar-refractivity contribution < 1.29 is 9.53 Å². The molecule has 2 aromatic rings. The van der Waals surface area contributed by atoms with Gasteiger partial charge in [0.2, 0.25) is 0 Å². The van der Waals surface area contributed by atoms with Crippen LogP contribution in [0, 0.1) is 0 Å². The number of aryl methyl sites for hydroxylation is 1. The maximum absolute atomic E-state index is 11.8. The highest BCUT2D eigenvalue weighted by molar-refractivity contribution is 5.77. The Morgan fingerprint density at radius 2 is 2.10 bits per heavy atom. The van der Waals surface area contributed by atoms with Gasteiger partial charge in [0.15, 0.2) is 12.4 Å². The van der Waals surface area contributed by atoms with Crippen molar-refractivity contribution in [3.8, 4) is 5.75 Å². The Morgan fingerprint density at radius 3 is 2.95 bits per heavy atom. The van der Waals surface area contributed by atoms with Crippen molar-refractivity contribution in [1.29, 1.82) is 0 Å². The summed E-state index contributed by atoms with van der Waals surface area (Å²) in [5.74, 6) is 2.36. The Kier molecular flexibility index (Phi) is 4.14. The zero-order valence-electron chi connectivity index (χ0n) is 11.8. The third-order valence-electron chi connectivity index (χ3n) is 3.49. The average Bonchev–Trinajstić information content (AvgIpc) is 2.95. The van der Waals surface area contributed by atoms with E-state index in [1.165, 1.54) is 0 Å². The molecule has 1 aromatic heterocycles. The number of hydrogen-bond acceptors (Lipinski definition) is 4. The normalized spacial score (nSPS) is 13.5. The molecule has 3 rings (SSSR count). The maximum atomic E-state index is 11.8. The van der Waals surface area contributed by atoms with E-state index >= 15 is 0 Å².